The van der Waals surface area contributed by atoms with Gasteiger partial charge in [0.1, 0.15) is 11.9 Å². The van der Waals surface area contributed by atoms with Gasteiger partial charge in [-0.1, -0.05) is 0 Å². The summed E-state index contributed by atoms with van der Waals surface area (Å²) in [5.41, 5.74) is 8.27. The van der Waals surface area contributed by atoms with E-state index < -0.39 is 23.8 Å². The van der Waals surface area contributed by atoms with Gasteiger partial charge in [-0.2, -0.15) is 9.90 Å². The Morgan fingerprint density at radius 2 is 0.800 bits per heavy atom. The zero-order valence-corrected chi connectivity index (χ0v) is 13.7. The van der Waals surface area contributed by atoms with Crippen molar-refractivity contribution in [3.8, 4) is 0 Å². The first-order valence-electron chi connectivity index (χ1n) is 2.30. The van der Waals surface area contributed by atoms with Gasteiger partial charge in [0.25, 0.3) is 11.8 Å². The number of carbonyl (C=O) groups excluding carboxylic acids is 4. The Morgan fingerprint density at radius 3 is 0.800 bits per heavy atom. The molecule has 0 aromatic carbocycles. The van der Waals surface area contributed by atoms with Crippen molar-refractivity contribution in [2.45, 2.75) is 0 Å². The van der Waals surface area contributed by atoms with Crippen LogP contribution in [0.15, 0.2) is 0 Å². The fourth-order valence-corrected chi connectivity index (χ4v) is 0. The number of carboxylic acids is 2. The van der Waals surface area contributed by atoms with Crippen LogP contribution < -0.4 is 80.8 Å². The summed E-state index contributed by atoms with van der Waals surface area (Å²) in [6.07, 6.45) is 0. The third-order valence-electron chi connectivity index (χ3n) is 0.402. The average Bonchev–Trinajstić information content (AvgIpc) is 1.88. The van der Waals surface area contributed by atoms with E-state index in [1.807, 2.05) is 0 Å². The second-order valence-electron chi connectivity index (χ2n) is 1.30. The van der Waals surface area contributed by atoms with E-state index in [9.17, 15) is 9.59 Å². The fourth-order valence-electron chi connectivity index (χ4n) is 0. The largest absolute Gasteiger partial charge is 1.00 e. The Balaban J connectivity index is -0.0000000370. The van der Waals surface area contributed by atoms with E-state index in [1.165, 1.54) is 0 Å². The third-order valence-corrected chi connectivity index (χ3v) is 0.402. The first-order chi connectivity index (χ1) is 5.29. The van der Waals surface area contributed by atoms with E-state index in [1.54, 1.807) is 0 Å². The molecule has 0 aliphatic rings. The fraction of sp³-hybridized carbons (Fsp3) is 0. The Kier molecular flexibility index (Phi) is 32.9. The summed E-state index contributed by atoms with van der Waals surface area (Å²) >= 11 is 0. The van der Waals surface area contributed by atoms with Crippen molar-refractivity contribution < 1.29 is 88.5 Å². The van der Waals surface area contributed by atoms with Crippen molar-refractivity contribution >= 4 is 33.7 Å². The number of hydrogen-bond donors (Lipinski definition) is 2. The van der Waals surface area contributed by atoms with Gasteiger partial charge in [0.15, 0.2) is 0 Å². The molecule has 0 saturated carbocycles. The summed E-state index contributed by atoms with van der Waals surface area (Å²) in [5, 5.41) is 18.2. The SMILES string of the molecule is NC(=O)C(=O)[O-].NC(=O)C(=O)[O-].P.[Na+].[Na+]. The van der Waals surface area contributed by atoms with E-state index in [0.717, 1.165) is 0 Å². The van der Waals surface area contributed by atoms with Gasteiger partial charge in [-0.25, -0.2) is 0 Å². The van der Waals surface area contributed by atoms with Gasteiger partial charge in [0, 0.05) is 0 Å². The molecular formula is C4H7N2Na2O6P. The molecule has 0 aromatic rings. The molecule has 0 radical (unpaired) electrons. The van der Waals surface area contributed by atoms with Crippen LogP contribution in [0.25, 0.3) is 0 Å². The van der Waals surface area contributed by atoms with E-state index in [-0.39, 0.29) is 69.0 Å². The topological polar surface area (TPSA) is 166 Å². The van der Waals surface area contributed by atoms with Gasteiger partial charge >= 0.3 is 59.1 Å². The third kappa shape index (κ3) is 31.4. The molecule has 0 aliphatic heterocycles. The van der Waals surface area contributed by atoms with E-state index >= 15 is 0 Å². The number of rotatable bonds is 0. The minimum Gasteiger partial charge on any atom is -0.540 e. The molecule has 2 amide bonds. The zero-order valence-electron chi connectivity index (χ0n) is 8.31. The van der Waals surface area contributed by atoms with E-state index in [2.05, 4.69) is 11.5 Å². The molecule has 15 heavy (non-hydrogen) atoms. The second kappa shape index (κ2) is 16.7. The molecule has 0 spiro atoms. The maximum absolute atomic E-state index is 9.26. The maximum Gasteiger partial charge on any atom is 1.00 e. The molecule has 4 N–H and O–H groups in total. The van der Waals surface area contributed by atoms with Crippen molar-refractivity contribution in [2.24, 2.45) is 11.5 Å². The van der Waals surface area contributed by atoms with Crippen LogP contribution in [0.2, 0.25) is 0 Å². The molecule has 0 aromatic heterocycles. The van der Waals surface area contributed by atoms with E-state index in [4.69, 9.17) is 19.8 Å². The maximum atomic E-state index is 9.26. The normalized spacial score (nSPS) is 5.87. The van der Waals surface area contributed by atoms with Crippen LogP contribution >= 0.6 is 9.90 Å². The van der Waals surface area contributed by atoms with Crippen LogP contribution in [0.5, 0.6) is 0 Å². The second-order valence-corrected chi connectivity index (χ2v) is 1.30. The molecule has 0 aliphatic carbocycles. The van der Waals surface area contributed by atoms with Crippen LogP contribution in [0.3, 0.4) is 0 Å². The number of hydrogen-bond acceptors (Lipinski definition) is 6. The van der Waals surface area contributed by atoms with Crippen molar-refractivity contribution in [2.75, 3.05) is 0 Å². The predicted molar refractivity (Wildman–Crippen MR) is 39.5 cm³/mol. The number of primary amides is 2. The summed E-state index contributed by atoms with van der Waals surface area (Å²) in [7, 11) is 0. The number of nitrogens with two attached hydrogens (primary N) is 2. The molecule has 1 unspecified atom stereocenters. The molecule has 0 fully saturated rings. The quantitative estimate of drug-likeness (QED) is 0.248. The molecule has 0 rings (SSSR count). The molecule has 8 nitrogen and oxygen atoms in total. The van der Waals surface area contributed by atoms with Gasteiger partial charge in [0.05, 0.1) is 0 Å². The number of carbonyl (C=O) groups is 4. The van der Waals surface area contributed by atoms with Crippen LogP contribution in [-0.2, 0) is 19.2 Å². The molecule has 76 valence electrons. The van der Waals surface area contributed by atoms with Gasteiger partial charge < -0.3 is 31.3 Å². The van der Waals surface area contributed by atoms with Crippen molar-refractivity contribution in [1.82, 2.24) is 0 Å². The summed E-state index contributed by atoms with van der Waals surface area (Å²) in [5.74, 6) is -6.57. The number of aliphatic carboxylic acids is 2. The monoisotopic (exact) mass is 256 g/mol. The molecule has 1 atom stereocenters. The predicted octanol–water partition coefficient (Wildman–Crippen LogP) is -11.5. The van der Waals surface area contributed by atoms with Crippen molar-refractivity contribution in [3.05, 3.63) is 0 Å². The smallest absolute Gasteiger partial charge is 0.540 e. The zero-order chi connectivity index (χ0) is 10.3. The average molecular weight is 256 g/mol. The van der Waals surface area contributed by atoms with Gasteiger partial charge in [-0.3, -0.25) is 9.59 Å². The minimum atomic E-state index is -1.85. The Labute approximate surface area is 132 Å². The standard InChI is InChI=1S/2C2H3NO3.2Na.H3P/c2*3-1(4)2(5)6;;;/h2*(H2,3,4)(H,5,6);;;1H3/q;;2*+1;/p-2. The molecule has 0 heterocycles. The Hall–Kier alpha value is 0.310. The van der Waals surface area contributed by atoms with Crippen LogP contribution in [0.1, 0.15) is 0 Å². The van der Waals surface area contributed by atoms with Gasteiger partial charge in [-0.15, -0.1) is 0 Å². The number of carboxylic acid groups (broad SMARTS) is 2. The van der Waals surface area contributed by atoms with Crippen LogP contribution in [0.4, 0.5) is 0 Å². The van der Waals surface area contributed by atoms with Gasteiger partial charge in [0.2, 0.25) is 0 Å². The summed E-state index contributed by atoms with van der Waals surface area (Å²) in [6, 6.07) is 0. The Morgan fingerprint density at radius 1 is 0.733 bits per heavy atom. The number of amides is 2. The molecule has 0 bridgehead atoms. The van der Waals surface area contributed by atoms with E-state index in [0.29, 0.717) is 0 Å². The first kappa shape index (κ1) is 29.5. The molecular weight excluding hydrogens is 249 g/mol. The minimum absolute atomic E-state index is 0. The summed E-state index contributed by atoms with van der Waals surface area (Å²) < 4.78 is 0. The summed E-state index contributed by atoms with van der Waals surface area (Å²) in [6.45, 7) is 0. The van der Waals surface area contributed by atoms with Crippen LogP contribution in [-0.4, -0.2) is 23.8 Å². The molecule has 11 heteroatoms. The van der Waals surface area contributed by atoms with Gasteiger partial charge in [-0.05, 0) is 0 Å². The molecule has 0 saturated heterocycles. The van der Waals surface area contributed by atoms with Crippen molar-refractivity contribution in [3.63, 3.8) is 0 Å². The van der Waals surface area contributed by atoms with Crippen molar-refractivity contribution in [1.29, 1.82) is 0 Å². The first-order valence-corrected chi connectivity index (χ1v) is 2.30. The summed E-state index contributed by atoms with van der Waals surface area (Å²) in [4.78, 5) is 36.7. The van der Waals surface area contributed by atoms with Crippen LogP contribution in [0, 0.1) is 0 Å². The Bertz CT molecular complexity index is 187.